The number of hydrogen-bond donors (Lipinski definition) is 0. The molecule has 7 heteroatoms. The van der Waals surface area contributed by atoms with Crippen LogP contribution in [-0.2, 0) is 20.7 Å². The number of imidazole rings is 1. The predicted octanol–water partition coefficient (Wildman–Crippen LogP) is 4.76. The summed E-state index contributed by atoms with van der Waals surface area (Å²) in [5.74, 6) is -1.14. The van der Waals surface area contributed by atoms with Crippen LogP contribution < -0.4 is 4.90 Å². The van der Waals surface area contributed by atoms with Crippen molar-refractivity contribution in [1.82, 2.24) is 9.55 Å². The van der Waals surface area contributed by atoms with E-state index in [0.717, 1.165) is 27.0 Å². The third-order valence-corrected chi connectivity index (χ3v) is 7.21. The Balaban J connectivity index is 1.68. The molecule has 1 amide bonds. The quantitative estimate of drug-likeness (QED) is 0.308. The molecule has 2 aromatic carbocycles. The topological polar surface area (TPSA) is 64.4 Å². The standard InChI is InChI=1S/C26H25N3O3S/c1-3-32-25(31)21-22(23-17(2)14-16-33-23)29-20-12-8-7-11-19(20)27-26(29)28(24(21)30)15-13-18-9-5-4-6-10-18/h4-12,14,16,21-22H,3,13,15H2,1-2H3/t21-,22-/m1/s1. The van der Waals surface area contributed by atoms with E-state index in [1.807, 2.05) is 73.0 Å². The van der Waals surface area contributed by atoms with Crippen molar-refractivity contribution in [3.63, 3.8) is 0 Å². The monoisotopic (exact) mass is 459 g/mol. The average molecular weight is 460 g/mol. The molecule has 1 aliphatic heterocycles. The third-order valence-electron chi connectivity index (χ3n) is 6.12. The van der Waals surface area contributed by atoms with Crippen LogP contribution in [0.4, 0.5) is 5.95 Å². The lowest BCUT2D eigenvalue weighted by atomic mass is 9.92. The summed E-state index contributed by atoms with van der Waals surface area (Å²) in [7, 11) is 0. The Morgan fingerprint density at radius 1 is 1.09 bits per heavy atom. The van der Waals surface area contributed by atoms with Gasteiger partial charge in [-0.2, -0.15) is 0 Å². The number of hydrogen-bond acceptors (Lipinski definition) is 5. The van der Waals surface area contributed by atoms with Gasteiger partial charge in [-0.3, -0.25) is 19.1 Å². The van der Waals surface area contributed by atoms with Gasteiger partial charge in [0.1, 0.15) is 0 Å². The van der Waals surface area contributed by atoms with Gasteiger partial charge in [-0.15, -0.1) is 11.3 Å². The van der Waals surface area contributed by atoms with Crippen molar-refractivity contribution >= 4 is 40.2 Å². The number of ether oxygens (including phenoxy) is 1. The zero-order valence-corrected chi connectivity index (χ0v) is 19.4. The number of anilines is 1. The minimum atomic E-state index is -0.969. The van der Waals surface area contributed by atoms with Gasteiger partial charge >= 0.3 is 5.97 Å². The van der Waals surface area contributed by atoms with E-state index in [-0.39, 0.29) is 12.5 Å². The van der Waals surface area contributed by atoms with Crippen LogP contribution in [0.5, 0.6) is 0 Å². The van der Waals surface area contributed by atoms with Crippen molar-refractivity contribution in [2.24, 2.45) is 5.92 Å². The van der Waals surface area contributed by atoms with Crippen LogP contribution in [0.25, 0.3) is 11.0 Å². The van der Waals surface area contributed by atoms with Gasteiger partial charge in [0, 0.05) is 11.4 Å². The van der Waals surface area contributed by atoms with Gasteiger partial charge in [-0.05, 0) is 55.0 Å². The van der Waals surface area contributed by atoms with E-state index < -0.39 is 17.9 Å². The molecular formula is C26H25N3O3S. The second-order valence-corrected chi connectivity index (χ2v) is 9.09. The van der Waals surface area contributed by atoms with Crippen LogP contribution in [0.3, 0.4) is 0 Å². The number of para-hydroxylation sites is 2. The minimum Gasteiger partial charge on any atom is -0.465 e. The van der Waals surface area contributed by atoms with Crippen LogP contribution in [0.2, 0.25) is 0 Å². The summed E-state index contributed by atoms with van der Waals surface area (Å²) in [6.07, 6.45) is 0.661. The van der Waals surface area contributed by atoms with E-state index in [2.05, 4.69) is 4.57 Å². The Kier molecular flexibility index (Phi) is 5.72. The van der Waals surface area contributed by atoms with Gasteiger partial charge in [0.15, 0.2) is 5.92 Å². The van der Waals surface area contributed by atoms with E-state index in [4.69, 9.17) is 9.72 Å². The summed E-state index contributed by atoms with van der Waals surface area (Å²) in [6.45, 7) is 4.43. The summed E-state index contributed by atoms with van der Waals surface area (Å²) in [4.78, 5) is 34.6. The lowest BCUT2D eigenvalue weighted by molar-refractivity contribution is -0.153. The van der Waals surface area contributed by atoms with E-state index >= 15 is 0 Å². The van der Waals surface area contributed by atoms with Gasteiger partial charge in [0.05, 0.1) is 23.7 Å². The Hall–Kier alpha value is -3.45. The van der Waals surface area contributed by atoms with Gasteiger partial charge in [-0.1, -0.05) is 42.5 Å². The second-order valence-electron chi connectivity index (χ2n) is 8.14. The smallest absolute Gasteiger partial charge is 0.321 e. The maximum absolute atomic E-state index is 13.9. The summed E-state index contributed by atoms with van der Waals surface area (Å²) < 4.78 is 7.48. The molecule has 5 rings (SSSR count). The lowest BCUT2D eigenvalue weighted by Gasteiger charge is -2.37. The number of fused-ring (bicyclic) bond motifs is 3. The van der Waals surface area contributed by atoms with Crippen molar-refractivity contribution in [3.8, 4) is 0 Å². The Morgan fingerprint density at radius 2 is 1.85 bits per heavy atom. The molecule has 2 atom stereocenters. The Bertz CT molecular complexity index is 1310. The zero-order chi connectivity index (χ0) is 22.9. The fourth-order valence-electron chi connectivity index (χ4n) is 4.56. The molecule has 1 aliphatic rings. The molecule has 0 spiro atoms. The maximum Gasteiger partial charge on any atom is 0.321 e. The molecule has 0 radical (unpaired) electrons. The number of esters is 1. The summed E-state index contributed by atoms with van der Waals surface area (Å²) >= 11 is 1.56. The zero-order valence-electron chi connectivity index (χ0n) is 18.6. The fourth-order valence-corrected chi connectivity index (χ4v) is 5.61. The first-order valence-electron chi connectivity index (χ1n) is 11.1. The van der Waals surface area contributed by atoms with Gasteiger partial charge in [-0.25, -0.2) is 4.98 Å². The molecule has 0 unspecified atom stereocenters. The van der Waals surface area contributed by atoms with Crippen LogP contribution in [0, 0.1) is 12.8 Å². The summed E-state index contributed by atoms with van der Waals surface area (Å²) in [5.41, 5.74) is 3.87. The highest BCUT2D eigenvalue weighted by Gasteiger charge is 2.48. The van der Waals surface area contributed by atoms with E-state index in [9.17, 15) is 9.59 Å². The van der Waals surface area contributed by atoms with E-state index in [1.54, 1.807) is 23.2 Å². The first-order chi connectivity index (χ1) is 16.1. The van der Waals surface area contributed by atoms with Crippen LogP contribution in [0.1, 0.15) is 29.0 Å². The number of nitrogens with zero attached hydrogens (tertiary/aromatic N) is 3. The van der Waals surface area contributed by atoms with E-state index in [1.165, 1.54) is 0 Å². The highest BCUT2D eigenvalue weighted by molar-refractivity contribution is 7.10. The fraction of sp³-hybridized carbons (Fsp3) is 0.269. The van der Waals surface area contributed by atoms with Crippen molar-refractivity contribution in [1.29, 1.82) is 0 Å². The molecular weight excluding hydrogens is 434 g/mol. The highest BCUT2D eigenvalue weighted by atomic mass is 32.1. The maximum atomic E-state index is 13.9. The first kappa shape index (κ1) is 21.4. The molecule has 3 heterocycles. The van der Waals surface area contributed by atoms with E-state index in [0.29, 0.717) is 18.9 Å². The predicted molar refractivity (Wildman–Crippen MR) is 130 cm³/mol. The number of amides is 1. The van der Waals surface area contributed by atoms with Crippen molar-refractivity contribution < 1.29 is 14.3 Å². The minimum absolute atomic E-state index is 0.223. The number of carbonyl (C=O) groups excluding carboxylic acids is 2. The molecule has 0 saturated heterocycles. The third kappa shape index (κ3) is 3.72. The Labute approximate surface area is 196 Å². The summed E-state index contributed by atoms with van der Waals surface area (Å²) in [5, 5.41) is 2.00. The number of carbonyl (C=O) groups is 2. The van der Waals surface area contributed by atoms with Crippen LogP contribution in [0.15, 0.2) is 66.0 Å². The number of thiophene rings is 1. The lowest BCUT2D eigenvalue weighted by Crippen LogP contribution is -2.50. The largest absolute Gasteiger partial charge is 0.465 e. The van der Waals surface area contributed by atoms with Gasteiger partial charge < -0.3 is 4.74 Å². The SMILES string of the molecule is CCOC(=O)[C@H]1C(=O)N(CCc2ccccc2)c2nc3ccccc3n2[C@H]1c1sccc1C. The number of benzene rings is 2. The molecule has 0 bridgehead atoms. The number of aryl methyl sites for hydroxylation is 1. The van der Waals surface area contributed by atoms with Gasteiger partial charge in [0.2, 0.25) is 11.9 Å². The molecule has 6 nitrogen and oxygen atoms in total. The van der Waals surface area contributed by atoms with Crippen molar-refractivity contribution in [3.05, 3.63) is 82.0 Å². The summed E-state index contributed by atoms with van der Waals surface area (Å²) in [6, 6.07) is 19.4. The van der Waals surface area contributed by atoms with Crippen molar-refractivity contribution in [2.45, 2.75) is 26.3 Å². The molecule has 0 N–H and O–H groups in total. The first-order valence-corrected chi connectivity index (χ1v) is 12.0. The molecule has 4 aromatic rings. The van der Waals surface area contributed by atoms with Crippen LogP contribution in [-0.4, -0.2) is 34.6 Å². The molecule has 0 saturated carbocycles. The molecule has 0 fully saturated rings. The molecule has 0 aliphatic carbocycles. The average Bonchev–Trinajstić information content (AvgIpc) is 3.42. The Morgan fingerprint density at radius 3 is 2.58 bits per heavy atom. The number of aromatic nitrogens is 2. The normalized spacial score (nSPS) is 17.9. The molecule has 168 valence electrons. The van der Waals surface area contributed by atoms with Gasteiger partial charge in [0.25, 0.3) is 0 Å². The highest BCUT2D eigenvalue weighted by Crippen LogP contribution is 2.43. The second kappa shape index (κ2) is 8.83. The molecule has 33 heavy (non-hydrogen) atoms. The molecule has 2 aromatic heterocycles. The van der Waals surface area contributed by atoms with Crippen LogP contribution >= 0.6 is 11.3 Å². The number of rotatable bonds is 6. The van der Waals surface area contributed by atoms with Crippen molar-refractivity contribution in [2.75, 3.05) is 18.1 Å².